The predicted octanol–water partition coefficient (Wildman–Crippen LogP) is 6.06. The minimum Gasteiger partial charge on any atom is -0.450 e. The SMILES string of the molecule is O=[N+]([O-])c1ccc(Oc2ccc3cc(Oc4ccc([N+](=O)[O-])cc4[N+](=O)[O-])ccc3c2)c([N+](=O)[O-])c1. The summed E-state index contributed by atoms with van der Waals surface area (Å²) in [6.07, 6.45) is 0. The number of benzene rings is 4. The van der Waals surface area contributed by atoms with Gasteiger partial charge in [-0.25, -0.2) is 0 Å². The van der Waals surface area contributed by atoms with Gasteiger partial charge in [-0.1, -0.05) is 12.1 Å². The fraction of sp³-hybridized carbons (Fsp3) is 0. The van der Waals surface area contributed by atoms with Crippen LogP contribution in [0.15, 0.2) is 72.8 Å². The van der Waals surface area contributed by atoms with Crippen LogP contribution in [0.1, 0.15) is 0 Å². The van der Waals surface area contributed by atoms with Crippen LogP contribution in [0.3, 0.4) is 0 Å². The summed E-state index contributed by atoms with van der Waals surface area (Å²) >= 11 is 0. The zero-order valence-electron chi connectivity index (χ0n) is 17.8. The number of hydrogen-bond acceptors (Lipinski definition) is 10. The van der Waals surface area contributed by atoms with E-state index in [2.05, 4.69) is 0 Å². The molecule has 0 saturated heterocycles. The van der Waals surface area contributed by atoms with E-state index in [1.54, 1.807) is 24.3 Å². The van der Waals surface area contributed by atoms with Gasteiger partial charge in [-0.05, 0) is 47.2 Å². The lowest BCUT2D eigenvalue weighted by atomic mass is 10.1. The van der Waals surface area contributed by atoms with Crippen molar-refractivity contribution in [3.8, 4) is 23.0 Å². The van der Waals surface area contributed by atoms with Crippen LogP contribution in [0.5, 0.6) is 23.0 Å². The second-order valence-corrected chi connectivity index (χ2v) is 7.21. The molecule has 0 aliphatic heterocycles. The third-order valence-corrected chi connectivity index (χ3v) is 4.94. The van der Waals surface area contributed by atoms with Crippen LogP contribution in [0.25, 0.3) is 10.8 Å². The van der Waals surface area contributed by atoms with Crippen LogP contribution in [-0.2, 0) is 0 Å². The normalized spacial score (nSPS) is 10.6. The van der Waals surface area contributed by atoms with Crippen molar-refractivity contribution in [2.45, 2.75) is 0 Å². The van der Waals surface area contributed by atoms with Crippen molar-refractivity contribution in [2.24, 2.45) is 0 Å². The standard InChI is InChI=1S/C22H12N4O10/c27-23(28)15-3-7-21(19(11-15)25(31)32)35-17-5-1-13-9-18(6-2-14(13)10-17)36-22-8-4-16(24(29)30)12-20(22)26(33)34/h1-12H. The first-order valence-electron chi connectivity index (χ1n) is 9.87. The van der Waals surface area contributed by atoms with Gasteiger partial charge in [0.15, 0.2) is 0 Å². The first-order valence-corrected chi connectivity index (χ1v) is 9.87. The number of nitro groups is 4. The molecule has 0 atom stereocenters. The van der Waals surface area contributed by atoms with E-state index >= 15 is 0 Å². The maximum absolute atomic E-state index is 11.3. The highest BCUT2D eigenvalue weighted by molar-refractivity contribution is 5.85. The number of rotatable bonds is 8. The van der Waals surface area contributed by atoms with Gasteiger partial charge in [0.2, 0.25) is 11.5 Å². The van der Waals surface area contributed by atoms with Crippen molar-refractivity contribution in [1.82, 2.24) is 0 Å². The molecule has 0 fully saturated rings. The molecule has 0 amide bonds. The summed E-state index contributed by atoms with van der Waals surface area (Å²) in [5.41, 5.74) is -2.04. The largest absolute Gasteiger partial charge is 0.450 e. The van der Waals surface area contributed by atoms with Crippen LogP contribution in [-0.4, -0.2) is 19.7 Å². The van der Waals surface area contributed by atoms with E-state index in [0.29, 0.717) is 10.8 Å². The Kier molecular flexibility index (Phi) is 6.07. The van der Waals surface area contributed by atoms with Gasteiger partial charge in [0.1, 0.15) is 11.5 Å². The summed E-state index contributed by atoms with van der Waals surface area (Å²) in [5, 5.41) is 45.7. The fourth-order valence-electron chi connectivity index (χ4n) is 3.28. The zero-order valence-corrected chi connectivity index (χ0v) is 17.8. The van der Waals surface area contributed by atoms with E-state index in [1.807, 2.05) is 0 Å². The molecule has 4 rings (SSSR count). The second-order valence-electron chi connectivity index (χ2n) is 7.21. The van der Waals surface area contributed by atoms with Crippen molar-refractivity contribution in [3.63, 3.8) is 0 Å². The third kappa shape index (κ3) is 4.81. The van der Waals surface area contributed by atoms with Gasteiger partial charge in [0.25, 0.3) is 11.4 Å². The van der Waals surface area contributed by atoms with Gasteiger partial charge in [-0.15, -0.1) is 0 Å². The van der Waals surface area contributed by atoms with Gasteiger partial charge in [0, 0.05) is 12.1 Å². The van der Waals surface area contributed by atoms with E-state index in [4.69, 9.17) is 9.47 Å². The highest BCUT2D eigenvalue weighted by atomic mass is 16.6. The Hall–Kier alpha value is -5.66. The van der Waals surface area contributed by atoms with Gasteiger partial charge in [-0.3, -0.25) is 40.5 Å². The lowest BCUT2D eigenvalue weighted by Gasteiger charge is -2.10. The summed E-state index contributed by atoms with van der Waals surface area (Å²) in [7, 11) is 0. The minimum absolute atomic E-state index is 0.185. The van der Waals surface area contributed by atoms with Crippen molar-refractivity contribution in [3.05, 3.63) is 113 Å². The summed E-state index contributed by atoms with van der Waals surface area (Å²) in [6.45, 7) is 0. The van der Waals surface area contributed by atoms with Crippen LogP contribution in [0.2, 0.25) is 0 Å². The highest BCUT2D eigenvalue weighted by Gasteiger charge is 2.22. The third-order valence-electron chi connectivity index (χ3n) is 4.94. The number of ether oxygens (including phenoxy) is 2. The highest BCUT2D eigenvalue weighted by Crippen LogP contribution is 2.37. The molecule has 0 saturated carbocycles. The Labute approximate surface area is 199 Å². The molecule has 0 unspecified atom stereocenters. The van der Waals surface area contributed by atoms with Crippen LogP contribution < -0.4 is 9.47 Å². The average molecular weight is 492 g/mol. The molecule has 0 bridgehead atoms. The maximum Gasteiger partial charge on any atom is 0.318 e. The van der Waals surface area contributed by atoms with Crippen molar-refractivity contribution in [2.75, 3.05) is 0 Å². The molecule has 4 aromatic rings. The summed E-state index contributed by atoms with van der Waals surface area (Å²) in [5.74, 6) is 0.0732. The Morgan fingerprint density at radius 1 is 0.472 bits per heavy atom. The van der Waals surface area contributed by atoms with E-state index < -0.39 is 42.4 Å². The summed E-state index contributed by atoms with van der Waals surface area (Å²) in [6, 6.07) is 15.4. The molecule has 14 heteroatoms. The maximum atomic E-state index is 11.3. The fourth-order valence-corrected chi connectivity index (χ4v) is 3.28. The number of nitro benzene ring substituents is 4. The van der Waals surface area contributed by atoms with Crippen molar-refractivity contribution < 1.29 is 29.2 Å². The van der Waals surface area contributed by atoms with Gasteiger partial charge < -0.3 is 9.47 Å². The Balaban J connectivity index is 1.61. The summed E-state index contributed by atoms with van der Waals surface area (Å²) in [4.78, 5) is 41.4. The first kappa shape index (κ1) is 23.5. The molecule has 0 heterocycles. The average Bonchev–Trinajstić information content (AvgIpc) is 2.84. The molecule has 0 aromatic heterocycles. The predicted molar refractivity (Wildman–Crippen MR) is 124 cm³/mol. The number of hydrogen-bond donors (Lipinski definition) is 0. The van der Waals surface area contributed by atoms with Gasteiger partial charge in [0.05, 0.1) is 31.8 Å². The topological polar surface area (TPSA) is 191 Å². The Bertz CT molecular complexity index is 1450. The monoisotopic (exact) mass is 492 g/mol. The molecular formula is C22H12N4O10. The number of fused-ring (bicyclic) bond motifs is 1. The number of nitrogens with zero attached hydrogens (tertiary/aromatic N) is 4. The van der Waals surface area contributed by atoms with Gasteiger partial charge >= 0.3 is 11.4 Å². The van der Waals surface area contributed by atoms with Crippen molar-refractivity contribution >= 4 is 33.5 Å². The molecule has 4 aromatic carbocycles. The van der Waals surface area contributed by atoms with E-state index in [0.717, 1.165) is 36.4 Å². The molecule has 0 spiro atoms. The van der Waals surface area contributed by atoms with Crippen LogP contribution in [0, 0.1) is 40.5 Å². The Morgan fingerprint density at radius 3 is 1.19 bits per heavy atom. The minimum atomic E-state index is -0.787. The molecule has 180 valence electrons. The smallest absolute Gasteiger partial charge is 0.318 e. The van der Waals surface area contributed by atoms with E-state index in [-0.39, 0.29) is 23.0 Å². The Morgan fingerprint density at radius 2 is 0.861 bits per heavy atom. The first-order chi connectivity index (χ1) is 17.1. The van der Waals surface area contributed by atoms with Crippen LogP contribution >= 0.6 is 0 Å². The molecule has 0 N–H and O–H groups in total. The summed E-state index contributed by atoms with van der Waals surface area (Å²) < 4.78 is 11.2. The molecule has 0 radical (unpaired) electrons. The quantitative estimate of drug-likeness (QED) is 0.206. The molecule has 0 aliphatic carbocycles. The molecular weight excluding hydrogens is 480 g/mol. The van der Waals surface area contributed by atoms with E-state index in [1.165, 1.54) is 12.1 Å². The number of non-ortho nitro benzene ring substituents is 2. The molecule has 14 nitrogen and oxygen atoms in total. The lowest BCUT2D eigenvalue weighted by Crippen LogP contribution is -1.96. The zero-order chi connectivity index (χ0) is 26.0. The van der Waals surface area contributed by atoms with Gasteiger partial charge in [-0.2, -0.15) is 0 Å². The lowest BCUT2D eigenvalue weighted by molar-refractivity contribution is -0.394. The second kappa shape index (κ2) is 9.30. The van der Waals surface area contributed by atoms with Crippen LogP contribution in [0.4, 0.5) is 22.7 Å². The van der Waals surface area contributed by atoms with E-state index in [9.17, 15) is 40.5 Å². The molecule has 0 aliphatic rings. The molecule has 36 heavy (non-hydrogen) atoms. The van der Waals surface area contributed by atoms with Crippen molar-refractivity contribution in [1.29, 1.82) is 0 Å².